The number of nitrogens with two attached hydrogens (primary N) is 2. The number of rotatable bonds is 8. The van der Waals surface area contributed by atoms with Crippen LogP contribution in [0.4, 0.5) is 5.95 Å². The highest BCUT2D eigenvalue weighted by atomic mass is 35.5. The zero-order valence-electron chi connectivity index (χ0n) is 18.7. The number of hydrogen-bond acceptors (Lipinski definition) is 12. The van der Waals surface area contributed by atoms with Gasteiger partial charge in [-0.1, -0.05) is 5.92 Å². The topological polar surface area (TPSA) is 292 Å². The van der Waals surface area contributed by atoms with Crippen LogP contribution in [-0.2, 0) is 31.6 Å². The van der Waals surface area contributed by atoms with Gasteiger partial charge in [0, 0.05) is 11.6 Å². The second-order valence-electron chi connectivity index (χ2n) is 6.72. The predicted octanol–water partition coefficient (Wildman–Crippen LogP) is -1.19. The highest BCUT2D eigenvalue weighted by Crippen LogP contribution is 2.66. The smallest absolute Gasteiger partial charge is 0.387 e. The molecule has 1 saturated heterocycles. The van der Waals surface area contributed by atoms with Gasteiger partial charge in [0.15, 0.2) is 17.4 Å². The number of halogens is 1. The van der Waals surface area contributed by atoms with E-state index in [2.05, 4.69) is 29.0 Å². The summed E-state index contributed by atoms with van der Waals surface area (Å²) in [6, 6.07) is 1.25. The first-order valence-corrected chi connectivity index (χ1v) is 13.6. The van der Waals surface area contributed by atoms with Crippen LogP contribution in [-0.4, -0.2) is 63.5 Å². The van der Waals surface area contributed by atoms with E-state index in [4.69, 9.17) is 40.3 Å². The zero-order valence-corrected chi connectivity index (χ0v) is 20.1. The van der Waals surface area contributed by atoms with Crippen LogP contribution in [0.25, 0.3) is 11.0 Å². The third-order valence-electron chi connectivity index (χ3n) is 4.28. The molecule has 1 fully saturated rings. The Kier molecular flexibility index (Phi) is 6.92. The summed E-state index contributed by atoms with van der Waals surface area (Å²) in [6.45, 7) is -3.59. The maximum Gasteiger partial charge on any atom is 0.490 e. The Labute approximate surface area is 202 Å². The number of phosphoric acid groups is 3. The van der Waals surface area contributed by atoms with Crippen LogP contribution in [0.3, 0.4) is 0 Å². The molecule has 0 radical (unpaired) electrons. The van der Waals surface area contributed by atoms with Crippen molar-refractivity contribution in [3.8, 4) is 11.3 Å². The van der Waals surface area contributed by atoms with Gasteiger partial charge < -0.3 is 45.5 Å². The van der Waals surface area contributed by atoms with E-state index >= 15 is 0 Å². The fraction of sp³-hybridized carbons (Fsp3) is 0.385. The molecular formula is C13H17ClN5O13P3. The molecule has 0 saturated carbocycles. The summed E-state index contributed by atoms with van der Waals surface area (Å²) < 4.78 is 68.2. The fourth-order valence-corrected chi connectivity index (χ4v) is 6.03. The second kappa shape index (κ2) is 9.67. The van der Waals surface area contributed by atoms with Crippen LogP contribution in [0.1, 0.15) is 8.97 Å². The van der Waals surface area contributed by atoms with E-state index in [1.54, 1.807) is 0 Å². The molecule has 0 bridgehead atoms. The molecule has 3 unspecified atom stereocenters. The molecule has 3 rings (SSSR count). The molecule has 0 aromatic carbocycles. The minimum Gasteiger partial charge on any atom is -0.387 e. The lowest BCUT2D eigenvalue weighted by Gasteiger charge is -2.27. The Bertz CT molecular complexity index is 1490. The first kappa shape index (κ1) is 25.0. The molecule has 10 N–H and O–H groups in total. The van der Waals surface area contributed by atoms with E-state index in [1.807, 2.05) is 5.38 Å². The molecule has 6 atom stereocenters. The number of ether oxygens (including phenoxy) is 1. The Morgan fingerprint density at radius 2 is 1.97 bits per heavy atom. The molecular weight excluding hydrogens is 563 g/mol. The van der Waals surface area contributed by atoms with Gasteiger partial charge in [0.1, 0.15) is 12.2 Å². The first-order chi connectivity index (χ1) is 16.7. The minimum absolute atomic E-state index is 0.0341. The number of phosphoric ester groups is 1. The van der Waals surface area contributed by atoms with Gasteiger partial charge in [-0.15, -0.1) is 0 Å². The highest BCUT2D eigenvalue weighted by Gasteiger charge is 2.55. The lowest BCUT2D eigenvalue weighted by atomic mass is 9.92. The summed E-state index contributed by atoms with van der Waals surface area (Å²) in [5.41, 5.74) is 8.59. The summed E-state index contributed by atoms with van der Waals surface area (Å²) in [6.07, 6.45) is -5.05. The molecule has 2 aromatic heterocycles. The third kappa shape index (κ3) is 6.20. The number of aromatic nitrogens is 3. The van der Waals surface area contributed by atoms with Crippen LogP contribution in [0.15, 0.2) is 17.1 Å². The number of hydrogen-bond donors (Lipinski definition) is 8. The maximum absolute atomic E-state index is 12.2. The normalized spacial score (nSPS) is 29.5. The van der Waals surface area contributed by atoms with E-state index in [0.717, 1.165) is 4.57 Å². The van der Waals surface area contributed by atoms with Gasteiger partial charge in [0.05, 0.1) is 14.7 Å². The van der Waals surface area contributed by atoms with Gasteiger partial charge in [-0.2, -0.15) is 13.6 Å². The summed E-state index contributed by atoms with van der Waals surface area (Å²) in [7, 11) is -17.7. The summed E-state index contributed by atoms with van der Waals surface area (Å²) in [5.74, 6) is 1.88. The SMILES string of the molecule is [2H]C([2H])(OP(=O)(O)OP(=O)(O)OP(=O)(O)O)[C@H]1O[C@@H](n2ccc3c(=O)[nH]c(N)nc32)C(N)(C#CCl)[C@H]1O. The standard InChI is InChI=1S/C13H17ClN5O13P3/c14-3-2-13(16)8(20)7(5-29-34(25,26)32-35(27,28)31-33(22,23)24)30-11(13)19-4-1-6-9(19)17-12(15)18-10(6)21/h1,4,7-8,11,20H,5,16H2,(H,25,26)(H,27,28)(H2,22,23,24)(H3,15,17,18,21)/t7-,8+,11-,13?/m1/s1/i5D2. The number of aliphatic hydroxyl groups excluding tert-OH is 1. The molecule has 0 aliphatic carbocycles. The van der Waals surface area contributed by atoms with Crippen LogP contribution in [0.5, 0.6) is 0 Å². The van der Waals surface area contributed by atoms with Gasteiger partial charge in [0.25, 0.3) is 5.56 Å². The number of fused-ring (bicyclic) bond motifs is 1. The predicted molar refractivity (Wildman–Crippen MR) is 115 cm³/mol. The monoisotopic (exact) mass is 581 g/mol. The Morgan fingerprint density at radius 1 is 1.31 bits per heavy atom. The lowest BCUT2D eigenvalue weighted by Crippen LogP contribution is -2.53. The molecule has 0 spiro atoms. The number of H-pyrrole nitrogens is 1. The Morgan fingerprint density at radius 3 is 2.57 bits per heavy atom. The highest BCUT2D eigenvalue weighted by molar-refractivity contribution is 7.66. The van der Waals surface area contributed by atoms with Gasteiger partial charge in [0.2, 0.25) is 5.95 Å². The van der Waals surface area contributed by atoms with Crippen molar-refractivity contribution >= 4 is 52.1 Å². The molecule has 3 heterocycles. The van der Waals surface area contributed by atoms with Gasteiger partial charge in [-0.25, -0.2) is 13.7 Å². The van der Waals surface area contributed by atoms with Crippen LogP contribution in [0, 0.1) is 11.3 Å². The van der Waals surface area contributed by atoms with Crippen molar-refractivity contribution in [2.45, 2.75) is 24.0 Å². The third-order valence-corrected chi connectivity index (χ3v) is 8.03. The molecule has 2 aromatic rings. The van der Waals surface area contributed by atoms with Crippen molar-refractivity contribution in [3.05, 3.63) is 22.6 Å². The van der Waals surface area contributed by atoms with Crippen molar-refractivity contribution in [3.63, 3.8) is 0 Å². The van der Waals surface area contributed by atoms with Crippen LogP contribution < -0.4 is 17.0 Å². The van der Waals surface area contributed by atoms with Crippen LogP contribution >= 0.6 is 35.1 Å². The molecule has 35 heavy (non-hydrogen) atoms. The summed E-state index contributed by atoms with van der Waals surface area (Å²) in [4.78, 5) is 54.5. The van der Waals surface area contributed by atoms with E-state index in [1.165, 1.54) is 12.3 Å². The van der Waals surface area contributed by atoms with Gasteiger partial charge in [-0.05, 0) is 17.7 Å². The van der Waals surface area contributed by atoms with E-state index in [-0.39, 0.29) is 17.0 Å². The Balaban J connectivity index is 1.99. The zero-order chi connectivity index (χ0) is 28.2. The lowest BCUT2D eigenvalue weighted by molar-refractivity contribution is -0.0436. The summed E-state index contributed by atoms with van der Waals surface area (Å²) >= 11 is 5.45. The van der Waals surface area contributed by atoms with E-state index in [9.17, 15) is 33.4 Å². The van der Waals surface area contributed by atoms with Crippen molar-refractivity contribution in [1.82, 2.24) is 14.5 Å². The van der Waals surface area contributed by atoms with Crippen molar-refractivity contribution in [2.24, 2.45) is 5.73 Å². The van der Waals surface area contributed by atoms with E-state index < -0.39 is 59.6 Å². The fourth-order valence-electron chi connectivity index (χ4n) is 2.99. The van der Waals surface area contributed by atoms with E-state index in [0.29, 0.717) is 0 Å². The minimum atomic E-state index is -6.02. The Hall–Kier alpha value is -1.64. The van der Waals surface area contributed by atoms with Crippen molar-refractivity contribution < 1.29 is 59.0 Å². The maximum atomic E-state index is 12.2. The molecule has 194 valence electrons. The number of aromatic amines is 1. The second-order valence-corrected chi connectivity index (χ2v) is 11.3. The largest absolute Gasteiger partial charge is 0.490 e. The van der Waals surface area contributed by atoms with Crippen LogP contribution in [0.2, 0.25) is 0 Å². The molecule has 0 amide bonds. The average molecular weight is 582 g/mol. The average Bonchev–Trinajstić information content (AvgIpc) is 3.18. The van der Waals surface area contributed by atoms with Gasteiger partial charge >= 0.3 is 23.5 Å². The number of aliphatic hydroxyl groups is 1. The molecule has 18 nitrogen and oxygen atoms in total. The molecule has 22 heteroatoms. The number of nitrogens with zero attached hydrogens (tertiary/aromatic N) is 2. The first-order valence-electron chi connectivity index (χ1n) is 9.67. The van der Waals surface area contributed by atoms with Crippen molar-refractivity contribution in [2.75, 3.05) is 12.3 Å². The molecule has 1 aliphatic heterocycles. The number of anilines is 1. The van der Waals surface area contributed by atoms with Crippen molar-refractivity contribution in [1.29, 1.82) is 0 Å². The quantitative estimate of drug-likeness (QED) is 0.134. The number of nitrogen functional groups attached to an aromatic ring is 1. The molecule has 1 aliphatic rings. The summed E-state index contributed by atoms with van der Waals surface area (Å²) in [5, 5.41) is 12.7. The van der Waals surface area contributed by atoms with Gasteiger partial charge in [-0.3, -0.25) is 14.3 Å². The number of nitrogens with one attached hydrogen (secondary N) is 1.